The van der Waals surface area contributed by atoms with Crippen molar-refractivity contribution in [3.05, 3.63) is 72.3 Å². The fourth-order valence-electron chi connectivity index (χ4n) is 5.21. The lowest BCUT2D eigenvalue weighted by atomic mass is 9.93. The number of urea groups is 1. The number of carbonyl (C=O) groups is 1. The van der Waals surface area contributed by atoms with Crippen LogP contribution in [0.3, 0.4) is 0 Å². The minimum atomic E-state index is -0.269. The zero-order valence-corrected chi connectivity index (χ0v) is 21.4. The van der Waals surface area contributed by atoms with E-state index in [-0.39, 0.29) is 6.03 Å². The summed E-state index contributed by atoms with van der Waals surface area (Å²) in [5.74, 6) is 0.601. The summed E-state index contributed by atoms with van der Waals surface area (Å²) in [4.78, 5) is 15.6. The smallest absolute Gasteiger partial charge is 0.323 e. The van der Waals surface area contributed by atoms with Crippen molar-refractivity contribution in [1.82, 2.24) is 20.6 Å². The van der Waals surface area contributed by atoms with Crippen LogP contribution in [0.4, 0.5) is 21.9 Å². The predicted molar refractivity (Wildman–Crippen MR) is 149 cm³/mol. The standard InChI is InChI=1S/C29H33N7O/c1-3-36(23-9-5-4-6-10-23)27-18-15-21(24-11-7-8-12-25(24)28-32-34-35-33-28)19-26(27)31-29(37)30-22-16-13-20(2)14-17-22/h7-8,11-19,23H,3-6,9-10H2,1-2H3,(H2,30,31,37)(H,32,33,34,35). The Morgan fingerprint density at radius 1 is 0.973 bits per heavy atom. The number of aromatic nitrogens is 4. The van der Waals surface area contributed by atoms with Crippen molar-refractivity contribution in [3.63, 3.8) is 0 Å². The van der Waals surface area contributed by atoms with Gasteiger partial charge < -0.3 is 15.5 Å². The van der Waals surface area contributed by atoms with E-state index in [1.165, 1.54) is 32.1 Å². The SMILES string of the molecule is CCN(c1ccc(-c2ccccc2-c2nnn[nH]2)cc1NC(=O)Nc1ccc(C)cc1)C1CCCCC1. The van der Waals surface area contributed by atoms with Crippen molar-refractivity contribution in [2.45, 2.75) is 52.0 Å². The molecule has 0 aliphatic heterocycles. The lowest BCUT2D eigenvalue weighted by Crippen LogP contribution is -2.37. The Labute approximate surface area is 217 Å². The zero-order valence-electron chi connectivity index (χ0n) is 21.4. The maximum Gasteiger partial charge on any atom is 0.323 e. The fourth-order valence-corrected chi connectivity index (χ4v) is 5.21. The highest BCUT2D eigenvalue weighted by Crippen LogP contribution is 2.38. The molecule has 0 saturated heterocycles. The van der Waals surface area contributed by atoms with Crippen molar-refractivity contribution in [2.75, 3.05) is 22.1 Å². The van der Waals surface area contributed by atoms with Crippen molar-refractivity contribution < 1.29 is 4.79 Å². The van der Waals surface area contributed by atoms with Gasteiger partial charge in [0.05, 0.1) is 11.4 Å². The molecule has 4 aromatic rings. The number of hydrogen-bond donors (Lipinski definition) is 3. The number of nitrogens with one attached hydrogen (secondary N) is 3. The number of rotatable bonds is 7. The van der Waals surface area contributed by atoms with Crippen LogP contribution in [0.1, 0.15) is 44.6 Å². The number of anilines is 3. The van der Waals surface area contributed by atoms with E-state index in [2.05, 4.69) is 61.3 Å². The van der Waals surface area contributed by atoms with Gasteiger partial charge in [-0.25, -0.2) is 9.89 Å². The number of hydrogen-bond acceptors (Lipinski definition) is 5. The molecule has 190 valence electrons. The molecule has 3 aromatic carbocycles. The molecular weight excluding hydrogens is 462 g/mol. The number of amides is 2. The Bertz CT molecular complexity index is 1330. The van der Waals surface area contributed by atoms with E-state index < -0.39 is 0 Å². The van der Waals surface area contributed by atoms with Crippen LogP contribution in [0.15, 0.2) is 66.7 Å². The molecule has 1 saturated carbocycles. The van der Waals surface area contributed by atoms with Crippen LogP contribution in [0.25, 0.3) is 22.5 Å². The first-order valence-corrected chi connectivity index (χ1v) is 13.0. The van der Waals surface area contributed by atoms with Gasteiger partial charge in [0, 0.05) is 23.8 Å². The Kier molecular flexibility index (Phi) is 7.44. The van der Waals surface area contributed by atoms with E-state index in [0.29, 0.717) is 11.9 Å². The van der Waals surface area contributed by atoms with Gasteiger partial charge in [0.2, 0.25) is 0 Å². The summed E-state index contributed by atoms with van der Waals surface area (Å²) in [6.07, 6.45) is 6.13. The fraction of sp³-hybridized carbons (Fsp3) is 0.310. The van der Waals surface area contributed by atoms with E-state index in [4.69, 9.17) is 0 Å². The number of aromatic amines is 1. The van der Waals surface area contributed by atoms with Crippen LogP contribution >= 0.6 is 0 Å². The molecule has 0 unspecified atom stereocenters. The average molecular weight is 496 g/mol. The van der Waals surface area contributed by atoms with Gasteiger partial charge in [-0.15, -0.1) is 5.10 Å². The number of nitrogens with zero attached hydrogens (tertiary/aromatic N) is 4. The molecule has 1 fully saturated rings. The van der Waals surface area contributed by atoms with E-state index in [0.717, 1.165) is 45.9 Å². The van der Waals surface area contributed by atoms with Gasteiger partial charge in [0.25, 0.3) is 0 Å². The summed E-state index contributed by atoms with van der Waals surface area (Å²) in [6.45, 7) is 5.09. The number of benzene rings is 3. The summed E-state index contributed by atoms with van der Waals surface area (Å²) in [6, 6.07) is 22.3. The van der Waals surface area contributed by atoms with Gasteiger partial charge in [-0.2, -0.15) is 0 Å². The average Bonchev–Trinajstić information content (AvgIpc) is 3.47. The second kappa shape index (κ2) is 11.2. The molecule has 0 bridgehead atoms. The first-order chi connectivity index (χ1) is 18.1. The molecule has 3 N–H and O–H groups in total. The third-order valence-corrected chi connectivity index (χ3v) is 7.06. The summed E-state index contributed by atoms with van der Waals surface area (Å²) in [5, 5.41) is 20.6. The van der Waals surface area contributed by atoms with E-state index in [9.17, 15) is 4.79 Å². The van der Waals surface area contributed by atoms with Gasteiger partial charge in [-0.3, -0.25) is 0 Å². The van der Waals surface area contributed by atoms with Gasteiger partial charge >= 0.3 is 6.03 Å². The lowest BCUT2D eigenvalue weighted by molar-refractivity contribution is 0.262. The molecule has 8 nitrogen and oxygen atoms in total. The monoisotopic (exact) mass is 495 g/mol. The molecule has 1 aliphatic carbocycles. The molecule has 8 heteroatoms. The van der Waals surface area contributed by atoms with Crippen molar-refractivity contribution in [3.8, 4) is 22.5 Å². The number of tetrazole rings is 1. The zero-order chi connectivity index (χ0) is 25.6. The highest BCUT2D eigenvalue weighted by molar-refractivity contribution is 6.02. The Morgan fingerprint density at radius 3 is 2.43 bits per heavy atom. The Balaban J connectivity index is 1.52. The summed E-state index contributed by atoms with van der Waals surface area (Å²) < 4.78 is 0. The summed E-state index contributed by atoms with van der Waals surface area (Å²) in [5.41, 5.74) is 6.57. The quantitative estimate of drug-likeness (QED) is 0.267. The lowest BCUT2D eigenvalue weighted by Gasteiger charge is -2.36. The van der Waals surface area contributed by atoms with Crippen LogP contribution in [0.2, 0.25) is 0 Å². The molecule has 1 aromatic heterocycles. The van der Waals surface area contributed by atoms with Gasteiger partial charge in [-0.05, 0) is 72.5 Å². The molecule has 0 spiro atoms. The number of H-pyrrole nitrogens is 1. The summed E-state index contributed by atoms with van der Waals surface area (Å²) >= 11 is 0. The highest BCUT2D eigenvalue weighted by atomic mass is 16.2. The Hall–Kier alpha value is -4.20. The molecule has 5 rings (SSSR count). The minimum Gasteiger partial charge on any atom is -0.367 e. The molecule has 1 aliphatic rings. The van der Waals surface area contributed by atoms with Crippen molar-refractivity contribution in [2.24, 2.45) is 0 Å². The first kappa shape index (κ1) is 24.5. The maximum atomic E-state index is 13.1. The van der Waals surface area contributed by atoms with Crippen LogP contribution in [0, 0.1) is 6.92 Å². The normalized spacial score (nSPS) is 13.8. The third-order valence-electron chi connectivity index (χ3n) is 7.06. The number of carbonyl (C=O) groups excluding carboxylic acids is 1. The highest BCUT2D eigenvalue weighted by Gasteiger charge is 2.23. The number of aryl methyl sites for hydroxylation is 1. The molecule has 1 heterocycles. The molecule has 37 heavy (non-hydrogen) atoms. The van der Waals surface area contributed by atoms with E-state index in [1.807, 2.05) is 55.5 Å². The Morgan fingerprint density at radius 2 is 1.73 bits per heavy atom. The molecular formula is C29H33N7O. The van der Waals surface area contributed by atoms with Crippen molar-refractivity contribution in [1.29, 1.82) is 0 Å². The van der Waals surface area contributed by atoms with Gasteiger partial charge in [0.15, 0.2) is 5.82 Å². The van der Waals surface area contributed by atoms with Crippen LogP contribution < -0.4 is 15.5 Å². The largest absolute Gasteiger partial charge is 0.367 e. The summed E-state index contributed by atoms with van der Waals surface area (Å²) in [7, 11) is 0. The van der Waals surface area contributed by atoms with Crippen LogP contribution in [-0.4, -0.2) is 39.2 Å². The van der Waals surface area contributed by atoms with Crippen LogP contribution in [0.5, 0.6) is 0 Å². The van der Waals surface area contributed by atoms with E-state index >= 15 is 0 Å². The molecule has 0 radical (unpaired) electrons. The minimum absolute atomic E-state index is 0.269. The van der Waals surface area contributed by atoms with Gasteiger partial charge in [-0.1, -0.05) is 67.3 Å². The first-order valence-electron chi connectivity index (χ1n) is 13.0. The molecule has 2 amide bonds. The molecule has 0 atom stereocenters. The predicted octanol–water partition coefficient (Wildman–Crippen LogP) is 6.65. The third kappa shape index (κ3) is 5.63. The van der Waals surface area contributed by atoms with Crippen molar-refractivity contribution >= 4 is 23.1 Å². The second-order valence-electron chi connectivity index (χ2n) is 9.55. The topological polar surface area (TPSA) is 98.8 Å². The van der Waals surface area contributed by atoms with E-state index in [1.54, 1.807) is 0 Å². The van der Waals surface area contributed by atoms with Gasteiger partial charge in [0.1, 0.15) is 0 Å². The maximum absolute atomic E-state index is 13.1. The van der Waals surface area contributed by atoms with Crippen LogP contribution in [-0.2, 0) is 0 Å². The second-order valence-corrected chi connectivity index (χ2v) is 9.55.